The van der Waals surface area contributed by atoms with Crippen molar-refractivity contribution in [3.63, 3.8) is 0 Å². The molecule has 0 nitrogen and oxygen atoms in total. The Morgan fingerprint density at radius 3 is 2.22 bits per heavy atom. The lowest BCUT2D eigenvalue weighted by Gasteiger charge is -2.45. The molecular formula is C31H41F. The predicted octanol–water partition coefficient (Wildman–Crippen LogP) is 9.44. The highest BCUT2D eigenvalue weighted by molar-refractivity contribution is 5.83. The van der Waals surface area contributed by atoms with Gasteiger partial charge < -0.3 is 0 Å². The van der Waals surface area contributed by atoms with E-state index in [1.54, 1.807) is 12.1 Å². The first-order chi connectivity index (χ1) is 15.7. The van der Waals surface area contributed by atoms with Gasteiger partial charge in [0, 0.05) is 0 Å². The first-order valence-corrected chi connectivity index (χ1v) is 13.5. The van der Waals surface area contributed by atoms with Crippen LogP contribution >= 0.6 is 0 Å². The van der Waals surface area contributed by atoms with E-state index in [-0.39, 0.29) is 5.82 Å². The molecule has 172 valence electrons. The van der Waals surface area contributed by atoms with Crippen LogP contribution in [0.2, 0.25) is 0 Å². The van der Waals surface area contributed by atoms with Crippen LogP contribution in [0.15, 0.2) is 48.6 Å². The lowest BCUT2D eigenvalue weighted by molar-refractivity contribution is 0.0713. The van der Waals surface area contributed by atoms with E-state index >= 15 is 0 Å². The molecule has 0 saturated heterocycles. The Morgan fingerprint density at radius 1 is 0.750 bits per heavy atom. The summed E-state index contributed by atoms with van der Waals surface area (Å²) < 4.78 is 13.5. The molecule has 0 spiro atoms. The number of halogens is 1. The van der Waals surface area contributed by atoms with Crippen LogP contribution in [0, 0.1) is 35.4 Å². The van der Waals surface area contributed by atoms with Gasteiger partial charge in [-0.25, -0.2) is 4.39 Å². The summed E-state index contributed by atoms with van der Waals surface area (Å²) in [7, 11) is 0. The normalized spacial score (nSPS) is 33.4. The summed E-state index contributed by atoms with van der Waals surface area (Å²) in [6.45, 7) is 2.14. The number of hydrogen-bond acceptors (Lipinski definition) is 0. The second kappa shape index (κ2) is 10.1. The van der Waals surface area contributed by atoms with E-state index in [4.69, 9.17) is 0 Å². The van der Waals surface area contributed by atoms with Gasteiger partial charge in [0.05, 0.1) is 0 Å². The fourth-order valence-electron chi connectivity index (χ4n) is 7.59. The minimum absolute atomic E-state index is 0.135. The van der Waals surface area contributed by atoms with E-state index in [1.165, 1.54) is 88.0 Å². The maximum Gasteiger partial charge on any atom is 0.123 e. The molecule has 0 bridgehead atoms. The van der Waals surface area contributed by atoms with Crippen molar-refractivity contribution in [3.8, 4) is 0 Å². The highest BCUT2D eigenvalue weighted by atomic mass is 19.1. The average molecular weight is 433 g/mol. The predicted molar refractivity (Wildman–Crippen MR) is 134 cm³/mol. The maximum absolute atomic E-state index is 13.5. The molecular weight excluding hydrogens is 391 g/mol. The van der Waals surface area contributed by atoms with Crippen molar-refractivity contribution in [3.05, 3.63) is 59.9 Å². The second-order valence-electron chi connectivity index (χ2n) is 11.3. The molecule has 0 heterocycles. The van der Waals surface area contributed by atoms with Gasteiger partial charge in [0.2, 0.25) is 0 Å². The molecule has 4 unspecified atom stereocenters. The van der Waals surface area contributed by atoms with Gasteiger partial charge in [0.25, 0.3) is 0 Å². The molecule has 3 saturated carbocycles. The van der Waals surface area contributed by atoms with Crippen molar-refractivity contribution in [1.82, 2.24) is 0 Å². The summed E-state index contributed by atoms with van der Waals surface area (Å²) in [4.78, 5) is 0. The van der Waals surface area contributed by atoms with Crippen LogP contribution in [0.5, 0.6) is 0 Å². The molecule has 0 N–H and O–H groups in total. The third kappa shape index (κ3) is 4.97. The molecule has 5 rings (SSSR count). The SMILES string of the molecule is C/C=C/CCC1CCC(C2CCC3CC(c4ccc5cc(F)ccc5c4)CCC3C2)CC1. The Kier molecular flexibility index (Phi) is 7.00. The zero-order chi connectivity index (χ0) is 21.9. The average Bonchev–Trinajstić information content (AvgIpc) is 2.83. The minimum atomic E-state index is -0.135. The van der Waals surface area contributed by atoms with Gasteiger partial charge in [0.1, 0.15) is 5.82 Å². The van der Waals surface area contributed by atoms with Crippen molar-refractivity contribution in [2.45, 2.75) is 89.9 Å². The molecule has 2 aromatic carbocycles. The fraction of sp³-hybridized carbons (Fsp3) is 0.613. The zero-order valence-corrected chi connectivity index (χ0v) is 19.9. The summed E-state index contributed by atoms with van der Waals surface area (Å²) in [6.07, 6.45) is 21.8. The van der Waals surface area contributed by atoms with E-state index in [0.717, 1.165) is 35.0 Å². The molecule has 0 amide bonds. The van der Waals surface area contributed by atoms with Crippen LogP contribution < -0.4 is 0 Å². The third-order valence-electron chi connectivity index (χ3n) is 9.49. The largest absolute Gasteiger partial charge is 0.207 e. The van der Waals surface area contributed by atoms with Crippen LogP contribution in [-0.2, 0) is 0 Å². The maximum atomic E-state index is 13.5. The summed E-state index contributed by atoms with van der Waals surface area (Å²) in [6, 6.07) is 11.9. The molecule has 3 aliphatic rings. The molecule has 2 aromatic rings. The number of benzene rings is 2. The first-order valence-electron chi connectivity index (χ1n) is 13.5. The van der Waals surface area contributed by atoms with Crippen LogP contribution in [0.3, 0.4) is 0 Å². The summed E-state index contributed by atoms with van der Waals surface area (Å²) >= 11 is 0. The van der Waals surface area contributed by atoms with Gasteiger partial charge in [-0.15, -0.1) is 0 Å². The standard InChI is InChI=1S/C31H41F/c1-2-3-4-5-22-6-8-23(9-7-22)24-10-11-26-19-27(13-12-25(26)18-24)28-14-15-30-21-31(32)17-16-29(30)20-28/h2-3,14-17,20-27H,4-13,18-19H2,1H3/b3-2+. The van der Waals surface area contributed by atoms with E-state index in [9.17, 15) is 4.39 Å². The molecule has 3 fully saturated rings. The number of hydrogen-bond donors (Lipinski definition) is 0. The molecule has 1 heteroatoms. The van der Waals surface area contributed by atoms with E-state index < -0.39 is 0 Å². The fourth-order valence-corrected chi connectivity index (χ4v) is 7.59. The van der Waals surface area contributed by atoms with Crippen LogP contribution in [0.4, 0.5) is 4.39 Å². The Hall–Kier alpha value is -1.63. The van der Waals surface area contributed by atoms with Gasteiger partial charge >= 0.3 is 0 Å². The van der Waals surface area contributed by atoms with Crippen LogP contribution in [0.1, 0.15) is 95.5 Å². The topological polar surface area (TPSA) is 0 Å². The zero-order valence-electron chi connectivity index (χ0n) is 19.9. The Balaban J connectivity index is 1.14. The van der Waals surface area contributed by atoms with Crippen molar-refractivity contribution >= 4 is 10.8 Å². The Morgan fingerprint density at radius 2 is 1.41 bits per heavy atom. The molecule has 0 radical (unpaired) electrons. The first kappa shape index (κ1) is 22.2. The summed E-state index contributed by atoms with van der Waals surface area (Å²) in [5, 5.41) is 2.22. The van der Waals surface area contributed by atoms with Crippen molar-refractivity contribution in [2.24, 2.45) is 29.6 Å². The van der Waals surface area contributed by atoms with Gasteiger partial charge in [-0.3, -0.25) is 0 Å². The number of rotatable bonds is 5. The third-order valence-corrected chi connectivity index (χ3v) is 9.49. The van der Waals surface area contributed by atoms with Crippen molar-refractivity contribution in [2.75, 3.05) is 0 Å². The lowest BCUT2D eigenvalue weighted by Crippen LogP contribution is -2.34. The van der Waals surface area contributed by atoms with Gasteiger partial charge in [0.15, 0.2) is 0 Å². The smallest absolute Gasteiger partial charge is 0.123 e. The van der Waals surface area contributed by atoms with Gasteiger partial charge in [-0.2, -0.15) is 0 Å². The highest BCUT2D eigenvalue weighted by Gasteiger charge is 2.39. The van der Waals surface area contributed by atoms with Gasteiger partial charge in [-0.05, 0) is 135 Å². The van der Waals surface area contributed by atoms with Crippen molar-refractivity contribution in [1.29, 1.82) is 0 Å². The van der Waals surface area contributed by atoms with Gasteiger partial charge in [-0.1, -0.05) is 49.3 Å². The summed E-state index contributed by atoms with van der Waals surface area (Å²) in [5.41, 5.74) is 1.49. The lowest BCUT2D eigenvalue weighted by atomic mass is 9.60. The van der Waals surface area contributed by atoms with E-state index in [1.807, 2.05) is 6.07 Å². The van der Waals surface area contributed by atoms with E-state index in [2.05, 4.69) is 37.3 Å². The monoisotopic (exact) mass is 432 g/mol. The number of allylic oxidation sites excluding steroid dienone is 2. The summed E-state index contributed by atoms with van der Waals surface area (Å²) in [5.74, 6) is 5.51. The second-order valence-corrected chi connectivity index (χ2v) is 11.3. The Labute approximate surface area is 194 Å². The minimum Gasteiger partial charge on any atom is -0.207 e. The highest BCUT2D eigenvalue weighted by Crippen LogP contribution is 2.51. The molecule has 0 aliphatic heterocycles. The Bertz CT molecular complexity index is 919. The quantitative estimate of drug-likeness (QED) is 0.413. The van der Waals surface area contributed by atoms with Crippen molar-refractivity contribution < 1.29 is 4.39 Å². The molecule has 4 atom stereocenters. The van der Waals surface area contributed by atoms with Crippen LogP contribution in [0.25, 0.3) is 10.8 Å². The molecule has 32 heavy (non-hydrogen) atoms. The molecule has 0 aromatic heterocycles. The van der Waals surface area contributed by atoms with Crippen LogP contribution in [-0.4, -0.2) is 0 Å². The van der Waals surface area contributed by atoms with E-state index in [0.29, 0.717) is 5.92 Å². The molecule has 3 aliphatic carbocycles. The number of fused-ring (bicyclic) bond motifs is 2.